The summed E-state index contributed by atoms with van der Waals surface area (Å²) < 4.78 is 0. The van der Waals surface area contributed by atoms with Crippen LogP contribution in [0.1, 0.15) is 22.3 Å². The first-order valence-electron chi connectivity index (χ1n) is 18.7. The van der Waals surface area contributed by atoms with Crippen LogP contribution in [0.4, 0.5) is 17.1 Å². The molecule has 0 atom stereocenters. The third-order valence-corrected chi connectivity index (χ3v) is 11.1. The molecule has 0 spiro atoms. The summed E-state index contributed by atoms with van der Waals surface area (Å²) in [6.45, 7) is 0. The van der Waals surface area contributed by atoms with Gasteiger partial charge < -0.3 is 4.90 Å². The lowest BCUT2D eigenvalue weighted by molar-refractivity contribution is 0.775. The second kappa shape index (κ2) is 13.2. The van der Waals surface area contributed by atoms with E-state index >= 15 is 0 Å². The average molecular weight is 688 g/mol. The van der Waals surface area contributed by atoms with E-state index < -0.39 is 5.41 Å². The monoisotopic (exact) mass is 687 g/mol. The van der Waals surface area contributed by atoms with Crippen LogP contribution >= 0.6 is 0 Å². The lowest BCUT2D eigenvalue weighted by Gasteiger charge is -2.37. The van der Waals surface area contributed by atoms with Crippen molar-refractivity contribution in [3.05, 3.63) is 247 Å². The van der Waals surface area contributed by atoms with E-state index in [1.54, 1.807) is 0 Å². The Balaban J connectivity index is 1.47. The van der Waals surface area contributed by atoms with Crippen molar-refractivity contribution in [2.75, 3.05) is 4.90 Å². The summed E-state index contributed by atoms with van der Waals surface area (Å²) >= 11 is 0. The van der Waals surface area contributed by atoms with Crippen LogP contribution in [-0.4, -0.2) is 0 Å². The molecule has 0 unspecified atom stereocenters. The van der Waals surface area contributed by atoms with Gasteiger partial charge in [0.15, 0.2) is 0 Å². The second-order valence-electron chi connectivity index (χ2n) is 14.0. The van der Waals surface area contributed by atoms with Crippen LogP contribution in [0.15, 0.2) is 224 Å². The Bertz CT molecular complexity index is 2700. The number of nitrogens with zero attached hydrogens (tertiary/aromatic N) is 1. The quantitative estimate of drug-likeness (QED) is 0.161. The van der Waals surface area contributed by atoms with Crippen molar-refractivity contribution in [3.8, 4) is 33.4 Å². The number of anilines is 3. The van der Waals surface area contributed by atoms with Gasteiger partial charge in [-0.05, 0) is 67.9 Å². The third kappa shape index (κ3) is 4.86. The van der Waals surface area contributed by atoms with E-state index in [2.05, 4.69) is 229 Å². The Morgan fingerprint density at radius 2 is 0.796 bits per heavy atom. The SMILES string of the molecule is c1ccc(-c2ccccc2N(c2ccccc2)c2c3c(c4ccccc4c2-c2ccccc2)C(c2ccccc2)(c2ccccc2)c2ccccc2-3)cc1. The summed E-state index contributed by atoms with van der Waals surface area (Å²) in [7, 11) is 0. The predicted molar refractivity (Wildman–Crippen MR) is 227 cm³/mol. The largest absolute Gasteiger partial charge is 0.309 e. The molecule has 0 bridgehead atoms. The molecule has 0 saturated heterocycles. The molecule has 0 amide bonds. The first-order chi connectivity index (χ1) is 26.9. The summed E-state index contributed by atoms with van der Waals surface area (Å²) in [5.74, 6) is 0. The Labute approximate surface area is 317 Å². The highest BCUT2D eigenvalue weighted by Gasteiger charge is 2.49. The Morgan fingerprint density at radius 3 is 1.43 bits per heavy atom. The molecule has 1 aliphatic carbocycles. The molecule has 9 aromatic rings. The van der Waals surface area contributed by atoms with Crippen molar-refractivity contribution in [2.24, 2.45) is 0 Å². The molecule has 0 radical (unpaired) electrons. The van der Waals surface area contributed by atoms with Crippen molar-refractivity contribution in [3.63, 3.8) is 0 Å². The lowest BCUT2D eigenvalue weighted by atomic mass is 9.66. The number of benzene rings is 9. The van der Waals surface area contributed by atoms with Gasteiger partial charge in [0.25, 0.3) is 0 Å². The fourth-order valence-electron chi connectivity index (χ4n) is 9.00. The maximum absolute atomic E-state index is 2.54. The molecular weight excluding hydrogens is 651 g/mol. The minimum absolute atomic E-state index is 0.584. The van der Waals surface area contributed by atoms with Gasteiger partial charge in [-0.25, -0.2) is 0 Å². The first kappa shape index (κ1) is 31.7. The molecule has 0 heterocycles. The topological polar surface area (TPSA) is 3.24 Å². The van der Waals surface area contributed by atoms with Crippen LogP contribution in [0.25, 0.3) is 44.2 Å². The summed E-state index contributed by atoms with van der Waals surface area (Å²) in [6.07, 6.45) is 0. The zero-order chi connectivity index (χ0) is 35.9. The van der Waals surface area contributed by atoms with Crippen LogP contribution < -0.4 is 4.90 Å². The highest BCUT2D eigenvalue weighted by atomic mass is 15.2. The van der Waals surface area contributed by atoms with Gasteiger partial charge in [0.05, 0.1) is 16.8 Å². The van der Waals surface area contributed by atoms with Crippen LogP contribution in [0, 0.1) is 0 Å². The summed E-state index contributed by atoms with van der Waals surface area (Å²) in [6, 6.07) is 82.1. The zero-order valence-corrected chi connectivity index (χ0v) is 29.8. The lowest BCUT2D eigenvalue weighted by Crippen LogP contribution is -2.29. The number of rotatable bonds is 7. The second-order valence-corrected chi connectivity index (χ2v) is 14.0. The van der Waals surface area contributed by atoms with Crippen molar-refractivity contribution in [1.29, 1.82) is 0 Å². The van der Waals surface area contributed by atoms with Crippen LogP contribution in [0.3, 0.4) is 0 Å². The Kier molecular flexibility index (Phi) is 7.78. The summed E-state index contributed by atoms with van der Waals surface area (Å²) in [5.41, 5.74) is 15.2. The standard InChI is InChI=1S/C53H37N/c1-6-22-38(23-7-1)43-32-19-21-37-48(43)54(42-30-14-5-15-31-42)52-49(39-24-8-2-9-25-39)44-33-16-17-34-45(44)51-50(52)46-35-18-20-36-47(46)53(51,40-26-10-3-11-27-40)41-28-12-4-13-29-41/h1-37H. The molecule has 9 aromatic carbocycles. The fourth-order valence-corrected chi connectivity index (χ4v) is 9.00. The molecule has 10 rings (SSSR count). The Hall–Kier alpha value is -6.96. The molecule has 0 fully saturated rings. The van der Waals surface area contributed by atoms with E-state index in [1.165, 1.54) is 72.1 Å². The van der Waals surface area contributed by atoms with Gasteiger partial charge in [-0.1, -0.05) is 206 Å². The molecule has 0 N–H and O–H groups in total. The number of hydrogen-bond acceptors (Lipinski definition) is 1. The number of fused-ring (bicyclic) bond motifs is 5. The average Bonchev–Trinajstić information content (AvgIpc) is 3.58. The molecule has 0 aliphatic heterocycles. The van der Waals surface area contributed by atoms with E-state index in [-0.39, 0.29) is 0 Å². The summed E-state index contributed by atoms with van der Waals surface area (Å²) in [5, 5.41) is 2.47. The van der Waals surface area contributed by atoms with E-state index in [0.29, 0.717) is 0 Å². The van der Waals surface area contributed by atoms with Crippen molar-refractivity contribution < 1.29 is 0 Å². The maximum atomic E-state index is 2.54. The van der Waals surface area contributed by atoms with Crippen molar-refractivity contribution in [1.82, 2.24) is 0 Å². The van der Waals surface area contributed by atoms with Crippen molar-refractivity contribution >= 4 is 27.8 Å². The molecule has 254 valence electrons. The third-order valence-electron chi connectivity index (χ3n) is 11.1. The van der Waals surface area contributed by atoms with Gasteiger partial charge in [0.1, 0.15) is 0 Å². The van der Waals surface area contributed by atoms with Crippen LogP contribution in [-0.2, 0) is 5.41 Å². The highest BCUT2D eigenvalue weighted by molar-refractivity contribution is 6.17. The molecule has 1 nitrogen and oxygen atoms in total. The minimum Gasteiger partial charge on any atom is -0.309 e. The fraction of sp³-hybridized carbons (Fsp3) is 0.0189. The van der Waals surface area contributed by atoms with Crippen LogP contribution in [0.2, 0.25) is 0 Å². The predicted octanol–water partition coefficient (Wildman–Crippen LogP) is 14.0. The van der Waals surface area contributed by atoms with Gasteiger partial charge in [-0.2, -0.15) is 0 Å². The van der Waals surface area contributed by atoms with Gasteiger partial charge >= 0.3 is 0 Å². The van der Waals surface area contributed by atoms with Gasteiger partial charge in [-0.3, -0.25) is 0 Å². The Morgan fingerprint density at radius 1 is 0.333 bits per heavy atom. The van der Waals surface area contributed by atoms with Gasteiger partial charge in [-0.15, -0.1) is 0 Å². The van der Waals surface area contributed by atoms with Gasteiger partial charge in [0, 0.05) is 22.4 Å². The van der Waals surface area contributed by atoms with Crippen LogP contribution in [0.5, 0.6) is 0 Å². The molecule has 54 heavy (non-hydrogen) atoms. The molecule has 1 aliphatic rings. The molecule has 1 heteroatoms. The van der Waals surface area contributed by atoms with Crippen molar-refractivity contribution in [2.45, 2.75) is 5.41 Å². The highest BCUT2D eigenvalue weighted by Crippen LogP contribution is 2.64. The smallest absolute Gasteiger partial charge is 0.0720 e. The summed E-state index contributed by atoms with van der Waals surface area (Å²) in [4.78, 5) is 2.54. The molecule has 0 saturated carbocycles. The van der Waals surface area contributed by atoms with E-state index in [4.69, 9.17) is 0 Å². The minimum atomic E-state index is -0.584. The maximum Gasteiger partial charge on any atom is 0.0720 e. The number of hydrogen-bond donors (Lipinski definition) is 0. The normalized spacial score (nSPS) is 12.6. The molecular formula is C53H37N. The first-order valence-corrected chi connectivity index (χ1v) is 18.7. The molecule has 0 aromatic heterocycles. The van der Waals surface area contributed by atoms with E-state index in [1.807, 2.05) is 0 Å². The zero-order valence-electron chi connectivity index (χ0n) is 29.8. The number of para-hydroxylation sites is 2. The van der Waals surface area contributed by atoms with E-state index in [0.717, 1.165) is 11.4 Å². The van der Waals surface area contributed by atoms with E-state index in [9.17, 15) is 0 Å². The van der Waals surface area contributed by atoms with Gasteiger partial charge in [0.2, 0.25) is 0 Å².